The summed E-state index contributed by atoms with van der Waals surface area (Å²) in [5.41, 5.74) is 5.96. The van der Waals surface area contributed by atoms with Crippen LogP contribution in [0.1, 0.15) is 82.8 Å². The number of hydrogen-bond donors (Lipinski definition) is 0. The van der Waals surface area contributed by atoms with Gasteiger partial charge in [0.25, 0.3) is 0 Å². The molecule has 4 heterocycles. The van der Waals surface area contributed by atoms with E-state index in [0.717, 1.165) is 51.5 Å². The summed E-state index contributed by atoms with van der Waals surface area (Å²) in [7, 11) is 0. The molecule has 7 aliphatic rings. The molecule has 1 aromatic heterocycles. The van der Waals surface area contributed by atoms with Crippen molar-refractivity contribution < 1.29 is 9.13 Å². The van der Waals surface area contributed by atoms with E-state index in [4.69, 9.17) is 4.74 Å². The molecule has 8 atom stereocenters. The monoisotopic (exact) mass is 500 g/mol. The molecular formula is C33H41FN2O. The smallest absolute Gasteiger partial charge is 0.114 e. The number of aromatic nitrogens is 1. The highest BCUT2D eigenvalue weighted by Gasteiger charge is 2.68. The van der Waals surface area contributed by atoms with Gasteiger partial charge in [-0.2, -0.15) is 0 Å². The molecule has 196 valence electrons. The highest BCUT2D eigenvalue weighted by atomic mass is 19.1. The molecule has 8 rings (SSSR count). The summed E-state index contributed by atoms with van der Waals surface area (Å²) in [6, 6.07) is 2.63. The van der Waals surface area contributed by atoms with Gasteiger partial charge in [-0.15, -0.1) is 0 Å². The predicted molar refractivity (Wildman–Crippen MR) is 145 cm³/mol. The Bertz CT molecular complexity index is 1240. The van der Waals surface area contributed by atoms with Crippen LogP contribution in [0.2, 0.25) is 0 Å². The molecule has 0 N–H and O–H groups in total. The van der Waals surface area contributed by atoms with E-state index in [1.165, 1.54) is 29.5 Å². The lowest BCUT2D eigenvalue weighted by molar-refractivity contribution is -0.146. The number of hydrogen-bond acceptors (Lipinski definition) is 3. The molecular weight excluding hydrogens is 459 g/mol. The maximum Gasteiger partial charge on any atom is 0.114 e. The molecule has 0 radical (unpaired) electrons. The molecule has 3 nitrogen and oxygen atoms in total. The first-order valence-electron chi connectivity index (χ1n) is 15.0. The Morgan fingerprint density at radius 3 is 2.86 bits per heavy atom. The molecule has 0 aromatic carbocycles. The normalized spacial score (nSPS) is 48.1. The van der Waals surface area contributed by atoms with Crippen molar-refractivity contribution in [3.8, 4) is 0 Å². The second-order valence-electron chi connectivity index (χ2n) is 14.1. The van der Waals surface area contributed by atoms with Crippen LogP contribution in [0.25, 0.3) is 6.08 Å². The third-order valence-corrected chi connectivity index (χ3v) is 12.3. The molecule has 4 heteroatoms. The summed E-state index contributed by atoms with van der Waals surface area (Å²) in [6.45, 7) is 6.65. The topological polar surface area (TPSA) is 25.4 Å². The van der Waals surface area contributed by atoms with Gasteiger partial charge in [0.15, 0.2) is 0 Å². The Hall–Kier alpha value is -1.78. The van der Waals surface area contributed by atoms with Gasteiger partial charge in [0.2, 0.25) is 0 Å². The third kappa shape index (κ3) is 3.09. The second kappa shape index (κ2) is 7.66. The number of rotatable bonds is 2. The first-order valence-corrected chi connectivity index (χ1v) is 15.0. The van der Waals surface area contributed by atoms with Gasteiger partial charge >= 0.3 is 0 Å². The van der Waals surface area contributed by atoms with Crippen LogP contribution in [-0.4, -0.2) is 46.4 Å². The lowest BCUT2D eigenvalue weighted by Gasteiger charge is -2.56. The molecule has 37 heavy (non-hydrogen) atoms. The number of ether oxygens (including phenoxy) is 1. The summed E-state index contributed by atoms with van der Waals surface area (Å²) in [6.07, 6.45) is 24.6. The zero-order chi connectivity index (χ0) is 25.0. The molecule has 0 amide bonds. The van der Waals surface area contributed by atoms with Crippen LogP contribution >= 0.6 is 0 Å². The van der Waals surface area contributed by atoms with Crippen LogP contribution in [0, 0.1) is 22.7 Å². The molecule has 2 bridgehead atoms. The second-order valence-corrected chi connectivity index (χ2v) is 14.1. The van der Waals surface area contributed by atoms with E-state index in [1.54, 1.807) is 5.57 Å². The number of pyridine rings is 1. The van der Waals surface area contributed by atoms with Crippen LogP contribution in [0.3, 0.4) is 0 Å². The predicted octanol–water partition coefficient (Wildman–Crippen LogP) is 6.84. The number of halogens is 1. The summed E-state index contributed by atoms with van der Waals surface area (Å²) in [5.74, 6) is 1.21. The van der Waals surface area contributed by atoms with Crippen LogP contribution < -0.4 is 0 Å². The van der Waals surface area contributed by atoms with Gasteiger partial charge in [-0.25, -0.2) is 4.39 Å². The minimum absolute atomic E-state index is 0.107. The Balaban J connectivity index is 1.12. The van der Waals surface area contributed by atoms with Crippen LogP contribution in [0.4, 0.5) is 4.39 Å². The summed E-state index contributed by atoms with van der Waals surface area (Å²) in [4.78, 5) is 6.89. The van der Waals surface area contributed by atoms with Crippen LogP contribution in [0.15, 0.2) is 47.8 Å². The van der Waals surface area contributed by atoms with Crippen molar-refractivity contribution in [3.63, 3.8) is 0 Å². The fourth-order valence-corrected chi connectivity index (χ4v) is 10.6. The van der Waals surface area contributed by atoms with Gasteiger partial charge in [-0.1, -0.05) is 38.2 Å². The summed E-state index contributed by atoms with van der Waals surface area (Å²) < 4.78 is 21.6. The zero-order valence-electron chi connectivity index (χ0n) is 22.5. The highest BCUT2D eigenvalue weighted by Crippen LogP contribution is 2.70. The first-order chi connectivity index (χ1) is 17.8. The van der Waals surface area contributed by atoms with E-state index in [0.29, 0.717) is 30.8 Å². The van der Waals surface area contributed by atoms with E-state index < -0.39 is 6.17 Å². The Morgan fingerprint density at radius 2 is 2.00 bits per heavy atom. The minimum atomic E-state index is -0.640. The summed E-state index contributed by atoms with van der Waals surface area (Å²) in [5, 5.41) is 0. The van der Waals surface area contributed by atoms with Crippen molar-refractivity contribution >= 4 is 6.08 Å². The van der Waals surface area contributed by atoms with Gasteiger partial charge in [-0.3, -0.25) is 9.88 Å². The van der Waals surface area contributed by atoms with E-state index >= 15 is 0 Å². The van der Waals surface area contributed by atoms with Crippen LogP contribution in [0.5, 0.6) is 0 Å². The van der Waals surface area contributed by atoms with Gasteiger partial charge in [0.05, 0.1) is 11.2 Å². The van der Waals surface area contributed by atoms with Crippen molar-refractivity contribution in [2.75, 3.05) is 13.1 Å². The van der Waals surface area contributed by atoms with E-state index in [9.17, 15) is 4.39 Å². The van der Waals surface area contributed by atoms with E-state index in [-0.39, 0.29) is 22.0 Å². The number of fused-ring (bicyclic) bond motifs is 2. The van der Waals surface area contributed by atoms with Crippen molar-refractivity contribution in [1.82, 2.24) is 9.88 Å². The molecule has 3 aliphatic heterocycles. The first kappa shape index (κ1) is 23.1. The Kier molecular flexibility index (Phi) is 4.79. The fraction of sp³-hybridized carbons (Fsp3) is 0.667. The number of allylic oxidation sites excluding steroid dienone is 2. The molecule has 2 saturated heterocycles. The average molecular weight is 501 g/mol. The van der Waals surface area contributed by atoms with Gasteiger partial charge in [0.1, 0.15) is 6.17 Å². The molecule has 2 spiro atoms. The quantitative estimate of drug-likeness (QED) is 0.444. The van der Waals surface area contributed by atoms with Crippen molar-refractivity contribution in [2.45, 2.75) is 101 Å². The lowest BCUT2D eigenvalue weighted by Crippen LogP contribution is -2.56. The zero-order valence-corrected chi connectivity index (χ0v) is 22.5. The van der Waals surface area contributed by atoms with Crippen molar-refractivity contribution in [3.05, 3.63) is 59.0 Å². The maximum atomic E-state index is 14.1. The molecule has 8 unspecified atom stereocenters. The van der Waals surface area contributed by atoms with E-state index in [1.807, 2.05) is 6.20 Å². The van der Waals surface area contributed by atoms with Gasteiger partial charge < -0.3 is 4.74 Å². The maximum absolute atomic E-state index is 14.1. The standard InChI is InChI=1S/C33H41FN2O/c1-30(11-7-22-9-15-35-20-23(22)18-30)28-5-6-29-31(28,2)12-8-25-17-24-3-4-27(36-16-10-26(34)21-36)19-32(24)13-14-33(25,29)37-32/h7-9,11,15,17,20,26-29H,3-6,10,12-14,16,18-19,21H2,1-2H3. The number of nitrogens with zero attached hydrogens (tertiary/aromatic N) is 2. The SMILES string of the molecule is CC1(C2CCC3C45CCC6(CC(N7CCC(F)C7)CCC6=CC4=CCC23C)O5)C=Cc2ccncc2C1. The molecule has 4 fully saturated rings. The number of alkyl halides is 1. The summed E-state index contributed by atoms with van der Waals surface area (Å²) >= 11 is 0. The Morgan fingerprint density at radius 1 is 1.11 bits per heavy atom. The van der Waals surface area contributed by atoms with Gasteiger partial charge in [-0.05, 0) is 115 Å². The highest BCUT2D eigenvalue weighted by molar-refractivity contribution is 5.57. The van der Waals surface area contributed by atoms with Crippen molar-refractivity contribution in [1.29, 1.82) is 0 Å². The van der Waals surface area contributed by atoms with Gasteiger partial charge in [0, 0.05) is 31.5 Å². The molecule has 2 saturated carbocycles. The van der Waals surface area contributed by atoms with Crippen molar-refractivity contribution in [2.24, 2.45) is 22.7 Å². The third-order valence-electron chi connectivity index (χ3n) is 12.3. The van der Waals surface area contributed by atoms with Crippen LogP contribution in [-0.2, 0) is 11.2 Å². The van der Waals surface area contributed by atoms with E-state index in [2.05, 4.69) is 60.3 Å². The fourth-order valence-electron chi connectivity index (χ4n) is 10.6. The minimum Gasteiger partial charge on any atom is -0.359 e. The molecule has 1 aromatic rings. The number of likely N-dealkylation sites (tertiary alicyclic amines) is 1. The molecule has 4 aliphatic carbocycles. The Labute approximate surface area is 221 Å². The average Bonchev–Trinajstić information content (AvgIpc) is 3.58. The largest absolute Gasteiger partial charge is 0.359 e. The lowest BCUT2D eigenvalue weighted by atomic mass is 9.53.